The van der Waals surface area contributed by atoms with Crippen LogP contribution >= 0.6 is 0 Å². The van der Waals surface area contributed by atoms with E-state index in [1.165, 1.54) is 0 Å². The molecule has 0 aromatic heterocycles. The molecular weight excluding hydrogens is 140 g/mol. The Bertz CT molecular complexity index is 136. The highest BCUT2D eigenvalue weighted by Gasteiger charge is 2.38. The van der Waals surface area contributed by atoms with Crippen LogP contribution < -0.4 is 0 Å². The van der Waals surface area contributed by atoms with Crippen molar-refractivity contribution in [2.45, 2.75) is 38.9 Å². The van der Waals surface area contributed by atoms with Crippen molar-refractivity contribution in [3.05, 3.63) is 0 Å². The minimum atomic E-state index is 0.0255. The van der Waals surface area contributed by atoms with Gasteiger partial charge in [-0.2, -0.15) is 0 Å². The topological polar surface area (TPSA) is 18.5 Å². The molecule has 1 aliphatic rings. The van der Waals surface area contributed by atoms with E-state index in [1.54, 1.807) is 7.11 Å². The van der Waals surface area contributed by atoms with E-state index in [1.807, 2.05) is 0 Å². The minimum Gasteiger partial charge on any atom is -0.378 e. The highest BCUT2D eigenvalue weighted by atomic mass is 16.5. The zero-order valence-electron chi connectivity index (χ0n) is 7.89. The molecule has 0 amide bonds. The van der Waals surface area contributed by atoms with Crippen molar-refractivity contribution in [1.29, 1.82) is 0 Å². The molecule has 0 unspecified atom stereocenters. The summed E-state index contributed by atoms with van der Waals surface area (Å²) in [6.07, 6.45) is 1.34. The van der Waals surface area contributed by atoms with E-state index in [4.69, 9.17) is 9.47 Å². The fraction of sp³-hybridized carbons (Fsp3) is 1.00. The predicted molar refractivity (Wildman–Crippen MR) is 44.6 cm³/mol. The standard InChI is InChI=1S/C9H18O2/c1-7-8(2)11-6-5-9(7,3)10-4/h7-8H,5-6H2,1-4H3/t7-,8-,9+/m0/s1. The van der Waals surface area contributed by atoms with Gasteiger partial charge in [0.05, 0.1) is 11.7 Å². The second-order valence-electron chi connectivity index (χ2n) is 3.63. The molecule has 1 saturated heterocycles. The first-order chi connectivity index (χ1) is 5.10. The molecule has 1 rings (SSSR count). The zero-order chi connectivity index (χ0) is 8.48. The summed E-state index contributed by atoms with van der Waals surface area (Å²) in [5.41, 5.74) is 0.0255. The van der Waals surface area contributed by atoms with Crippen LogP contribution in [0.15, 0.2) is 0 Å². The van der Waals surface area contributed by atoms with Crippen molar-refractivity contribution < 1.29 is 9.47 Å². The Hall–Kier alpha value is -0.0800. The van der Waals surface area contributed by atoms with E-state index in [9.17, 15) is 0 Å². The van der Waals surface area contributed by atoms with Crippen molar-refractivity contribution in [1.82, 2.24) is 0 Å². The summed E-state index contributed by atoms with van der Waals surface area (Å²) in [5.74, 6) is 0.487. The predicted octanol–water partition coefficient (Wildman–Crippen LogP) is 1.84. The van der Waals surface area contributed by atoms with Crippen molar-refractivity contribution in [3.63, 3.8) is 0 Å². The molecular formula is C9H18O2. The first-order valence-electron chi connectivity index (χ1n) is 4.27. The monoisotopic (exact) mass is 158 g/mol. The van der Waals surface area contributed by atoms with Crippen molar-refractivity contribution in [3.8, 4) is 0 Å². The van der Waals surface area contributed by atoms with Crippen LogP contribution in [-0.2, 0) is 9.47 Å². The molecule has 0 aliphatic carbocycles. The minimum absolute atomic E-state index is 0.0255. The van der Waals surface area contributed by atoms with E-state index < -0.39 is 0 Å². The molecule has 0 aromatic carbocycles. The van der Waals surface area contributed by atoms with Crippen LogP contribution in [0.25, 0.3) is 0 Å². The van der Waals surface area contributed by atoms with Crippen LogP contribution in [0.4, 0.5) is 0 Å². The van der Waals surface area contributed by atoms with Crippen LogP contribution in [0.3, 0.4) is 0 Å². The summed E-state index contributed by atoms with van der Waals surface area (Å²) in [6.45, 7) is 7.29. The quantitative estimate of drug-likeness (QED) is 0.579. The van der Waals surface area contributed by atoms with Crippen molar-refractivity contribution in [2.75, 3.05) is 13.7 Å². The van der Waals surface area contributed by atoms with Crippen LogP contribution in [0.5, 0.6) is 0 Å². The van der Waals surface area contributed by atoms with Gasteiger partial charge in [0.15, 0.2) is 0 Å². The molecule has 1 fully saturated rings. The average Bonchev–Trinajstić information content (AvgIpc) is 2.00. The van der Waals surface area contributed by atoms with Gasteiger partial charge in [-0.3, -0.25) is 0 Å². The second kappa shape index (κ2) is 3.11. The fourth-order valence-electron chi connectivity index (χ4n) is 1.60. The van der Waals surface area contributed by atoms with E-state index in [0.717, 1.165) is 13.0 Å². The first-order valence-corrected chi connectivity index (χ1v) is 4.27. The van der Waals surface area contributed by atoms with Crippen LogP contribution in [0.2, 0.25) is 0 Å². The Morgan fingerprint density at radius 1 is 1.45 bits per heavy atom. The smallest absolute Gasteiger partial charge is 0.0722 e. The van der Waals surface area contributed by atoms with Gasteiger partial charge in [-0.05, 0) is 20.3 Å². The SMILES string of the molecule is CO[C@]1(C)CCO[C@@H](C)[C@@H]1C. The summed E-state index contributed by atoms with van der Waals surface area (Å²) >= 11 is 0. The molecule has 1 heterocycles. The lowest BCUT2D eigenvalue weighted by Gasteiger charge is -2.42. The molecule has 0 spiro atoms. The molecule has 2 nitrogen and oxygen atoms in total. The van der Waals surface area contributed by atoms with Crippen molar-refractivity contribution >= 4 is 0 Å². The van der Waals surface area contributed by atoms with Gasteiger partial charge in [-0.25, -0.2) is 0 Å². The normalized spacial score (nSPS) is 45.8. The van der Waals surface area contributed by atoms with E-state index in [0.29, 0.717) is 12.0 Å². The maximum atomic E-state index is 5.51. The molecule has 0 N–H and O–H groups in total. The Labute approximate surface area is 68.9 Å². The fourth-order valence-corrected chi connectivity index (χ4v) is 1.60. The van der Waals surface area contributed by atoms with Gasteiger partial charge < -0.3 is 9.47 Å². The molecule has 11 heavy (non-hydrogen) atoms. The highest BCUT2D eigenvalue weighted by molar-refractivity contribution is 4.87. The maximum Gasteiger partial charge on any atom is 0.0722 e. The van der Waals surface area contributed by atoms with Crippen molar-refractivity contribution in [2.24, 2.45) is 5.92 Å². The second-order valence-corrected chi connectivity index (χ2v) is 3.63. The lowest BCUT2D eigenvalue weighted by atomic mass is 9.82. The summed E-state index contributed by atoms with van der Waals surface area (Å²) in [5, 5.41) is 0. The summed E-state index contributed by atoms with van der Waals surface area (Å²) in [4.78, 5) is 0. The van der Waals surface area contributed by atoms with E-state index in [2.05, 4.69) is 20.8 Å². The van der Waals surface area contributed by atoms with Crippen LogP contribution in [0.1, 0.15) is 27.2 Å². The molecule has 0 radical (unpaired) electrons. The van der Waals surface area contributed by atoms with E-state index in [-0.39, 0.29) is 5.60 Å². The Morgan fingerprint density at radius 3 is 2.55 bits per heavy atom. The highest BCUT2D eigenvalue weighted by Crippen LogP contribution is 2.32. The third-order valence-corrected chi connectivity index (χ3v) is 3.11. The van der Waals surface area contributed by atoms with E-state index >= 15 is 0 Å². The van der Waals surface area contributed by atoms with Crippen LogP contribution in [0, 0.1) is 5.92 Å². The van der Waals surface area contributed by atoms with Gasteiger partial charge in [0.1, 0.15) is 0 Å². The largest absolute Gasteiger partial charge is 0.378 e. The average molecular weight is 158 g/mol. The van der Waals surface area contributed by atoms with Gasteiger partial charge in [0.25, 0.3) is 0 Å². The van der Waals surface area contributed by atoms with Gasteiger partial charge in [-0.1, -0.05) is 6.92 Å². The summed E-state index contributed by atoms with van der Waals surface area (Å²) in [6, 6.07) is 0. The molecule has 3 atom stereocenters. The number of methoxy groups -OCH3 is 1. The van der Waals surface area contributed by atoms with Gasteiger partial charge in [-0.15, -0.1) is 0 Å². The number of hydrogen-bond donors (Lipinski definition) is 0. The van der Waals surface area contributed by atoms with Gasteiger partial charge in [0.2, 0.25) is 0 Å². The third-order valence-electron chi connectivity index (χ3n) is 3.11. The molecule has 1 aliphatic heterocycles. The Morgan fingerprint density at radius 2 is 2.09 bits per heavy atom. The molecule has 2 heteroatoms. The molecule has 0 aromatic rings. The molecule has 0 bridgehead atoms. The zero-order valence-corrected chi connectivity index (χ0v) is 7.89. The summed E-state index contributed by atoms with van der Waals surface area (Å²) < 4.78 is 11.0. The van der Waals surface area contributed by atoms with Gasteiger partial charge in [0, 0.05) is 19.6 Å². The Balaban J connectivity index is 2.64. The van der Waals surface area contributed by atoms with Gasteiger partial charge >= 0.3 is 0 Å². The summed E-state index contributed by atoms with van der Waals surface area (Å²) in [7, 11) is 1.79. The number of ether oxygens (including phenoxy) is 2. The third kappa shape index (κ3) is 1.57. The maximum absolute atomic E-state index is 5.51. The molecule has 66 valence electrons. The number of rotatable bonds is 1. The van der Waals surface area contributed by atoms with Crippen LogP contribution in [-0.4, -0.2) is 25.4 Å². The lowest BCUT2D eigenvalue weighted by Crippen LogP contribution is -2.46. The first kappa shape index (κ1) is 9.01. The Kier molecular flexibility index (Phi) is 2.55. The number of hydrogen-bond acceptors (Lipinski definition) is 2. The lowest BCUT2D eigenvalue weighted by molar-refractivity contribution is -0.148. The molecule has 0 saturated carbocycles.